The first kappa shape index (κ1) is 58.8. The van der Waals surface area contributed by atoms with E-state index in [0.717, 1.165) is 46.1 Å². The van der Waals surface area contributed by atoms with Crippen molar-refractivity contribution in [3.8, 4) is 11.5 Å². The van der Waals surface area contributed by atoms with E-state index in [1.54, 1.807) is 13.0 Å². The number of ether oxygens (including phenoxy) is 5. The number of nitrogens with zero attached hydrogens (tertiary/aromatic N) is 2. The Hall–Kier alpha value is -2.06. The molecule has 4 aliphatic heterocycles. The number of carbonyl (C=O) groups is 2. The van der Waals surface area contributed by atoms with Gasteiger partial charge in [-0.15, -0.1) is 16.9 Å². The van der Waals surface area contributed by atoms with E-state index < -0.39 is 101 Å². The Morgan fingerprint density at radius 1 is 0.786 bits per heavy atom. The predicted molar refractivity (Wildman–Crippen MR) is 256 cm³/mol. The Labute approximate surface area is 448 Å². The van der Waals surface area contributed by atoms with Gasteiger partial charge in [0.1, 0.15) is 80.4 Å². The first-order valence-electron chi connectivity index (χ1n) is 22.2. The molecule has 2 aromatic carbocycles. The number of benzene rings is 2. The summed E-state index contributed by atoms with van der Waals surface area (Å²) < 4.78 is 29.9. The molecule has 2 amide bonds. The zero-order chi connectivity index (χ0) is 49.6. The van der Waals surface area contributed by atoms with E-state index in [2.05, 4.69) is 56.0 Å². The standard InChI is InChI=1S/C27H40B2N2O7P2.C17H20N2O9.V.Y/c1-15(25(35)30-19-20(32)22(34)24-23(21(19)33)37-14-38-24)9-16-7-8-18(36-11-27(5,6)26(2,3)4)17(10-16)31(28-12-39-28)29-13-40-29;1-7(4-8-2-3-10(20)9(5-8)19(25)26)17(24)18-11-12(21)14(23)16-15(13(11)22)27-6-28-16;;/h7-11,19-24,32-34,39-40H,2,12-14H2,1,3-6H3,(H,30,35);2-5,11-16,20-23H,6H2,1H3,(H,18,24);;/q-2;;;/b15-9+;7-4+;;/t19?,20-,21+,22+,23-,24+;11?,12-,13+,14+,15-,16+;;/m00../s1. The third-order valence-corrected chi connectivity index (χ3v) is 15.5. The van der Waals surface area contributed by atoms with E-state index in [-0.39, 0.29) is 81.3 Å². The maximum absolute atomic E-state index is 13.1. The quantitative estimate of drug-likeness (QED) is 0.0320. The zero-order valence-corrected chi connectivity index (χ0v) is 45.8. The van der Waals surface area contributed by atoms with Gasteiger partial charge >= 0.3 is 5.69 Å². The van der Waals surface area contributed by atoms with E-state index in [4.69, 9.17) is 23.7 Å². The van der Waals surface area contributed by atoms with Gasteiger partial charge in [-0.05, 0) is 67.4 Å². The van der Waals surface area contributed by atoms with Crippen molar-refractivity contribution >= 4 is 65.4 Å². The van der Waals surface area contributed by atoms with Crippen molar-refractivity contribution in [3.05, 3.63) is 82.3 Å². The molecule has 20 nitrogen and oxygen atoms in total. The van der Waals surface area contributed by atoms with E-state index in [0.29, 0.717) is 24.3 Å². The fourth-order valence-electron chi connectivity index (χ4n) is 8.20. The summed E-state index contributed by atoms with van der Waals surface area (Å²) in [6.45, 7) is 18.6. The molecule has 0 aromatic heterocycles. The Balaban J connectivity index is 0.000000269. The van der Waals surface area contributed by atoms with E-state index >= 15 is 0 Å². The van der Waals surface area contributed by atoms with Crippen molar-refractivity contribution < 1.29 is 125 Å². The fourth-order valence-corrected chi connectivity index (χ4v) is 9.98. The molecule has 14 atom stereocenters. The third-order valence-electron chi connectivity index (χ3n) is 13.4. The molecule has 2 aliphatic carbocycles. The molecule has 4 unspecified atom stereocenters. The molecule has 9 N–H and O–H groups in total. The third kappa shape index (κ3) is 13.2. The normalized spacial score (nSPS) is 31.0. The average Bonchev–Trinajstić information content (AvgIpc) is 4.20. The van der Waals surface area contributed by atoms with Gasteiger partial charge in [0.05, 0.1) is 22.7 Å². The number of fused-ring (bicyclic) bond motifs is 2. The van der Waals surface area contributed by atoms with Crippen LogP contribution in [0, 0.1) is 34.5 Å². The summed E-state index contributed by atoms with van der Waals surface area (Å²) >= 11 is 0. The van der Waals surface area contributed by atoms with Gasteiger partial charge < -0.3 is 81.7 Å². The van der Waals surface area contributed by atoms with Gasteiger partial charge in [0.15, 0.2) is 5.75 Å². The van der Waals surface area contributed by atoms with E-state index in [1.165, 1.54) is 31.2 Å². The molecule has 6 fully saturated rings. The van der Waals surface area contributed by atoms with Gasteiger partial charge in [-0.25, -0.2) is 0 Å². The maximum Gasteiger partial charge on any atom is 0.311 e. The number of nitro groups is 1. The number of rotatable bonds is 14. The number of phenolic OH excluding ortho intramolecular Hbond substituents is 1. The number of hydrogen-bond acceptors (Lipinski definition) is 17. The first-order valence-corrected chi connectivity index (χ1v) is 24.8. The number of nitro benzene ring substituents is 1. The van der Waals surface area contributed by atoms with Crippen LogP contribution in [0.1, 0.15) is 52.7 Å². The van der Waals surface area contributed by atoms with Crippen LogP contribution >= 0.6 is 16.9 Å². The minimum Gasteiger partial charge on any atom is -0.661 e. The zero-order valence-electron chi connectivity index (χ0n) is 39.5. The number of carbonyl (C=O) groups excluding carboxylic acids is 2. The SMILES string of the molecule is C/C(=C\c1ccc(O)c([N+](=O)[O-])c1)C(=O)NC1[C@@H](O)[C@@H]2OCO[C@@H]2[C@H](O)[C@H]1O.[CH2-]C(C)(C)C(C)(C)[CH-]Oc1ccc(/C=C(\C)C(=O)NC2[C@@H](O)[C@@H]3OCO[C@@H]3[C@H](O)[C@H]2O)cc1N(B1CP1)B1CP1.[V].[Y]. The molecule has 26 heteroatoms. The minimum absolute atomic E-state index is 0. The maximum atomic E-state index is 13.1. The Morgan fingerprint density at radius 3 is 1.61 bits per heavy atom. The number of nitrogens with one attached hydrogen (secondary N) is 2. The summed E-state index contributed by atoms with van der Waals surface area (Å²) in [6, 6.07) is 9.68. The summed E-state index contributed by atoms with van der Waals surface area (Å²) in [7, 11) is 1.83. The van der Waals surface area contributed by atoms with Crippen LogP contribution in [0.5, 0.6) is 11.5 Å². The van der Waals surface area contributed by atoms with Gasteiger partial charge in [0.2, 0.25) is 11.8 Å². The van der Waals surface area contributed by atoms with Crippen LogP contribution in [0.15, 0.2) is 47.5 Å². The first-order chi connectivity index (χ1) is 32.0. The minimum atomic E-state index is -1.48. The van der Waals surface area contributed by atoms with Crippen LogP contribution in [0.4, 0.5) is 11.4 Å². The molecule has 8 rings (SSSR count). The smallest absolute Gasteiger partial charge is 0.311 e. The molecule has 378 valence electrons. The van der Waals surface area contributed by atoms with Gasteiger partial charge in [-0.1, -0.05) is 39.8 Å². The number of hydrogen-bond donors (Lipinski definition) is 9. The summed E-state index contributed by atoms with van der Waals surface area (Å²) in [6.07, 6.45) is -8.36. The number of phenols is 1. The molecular weight excluding hydrogens is 1060 g/mol. The summed E-state index contributed by atoms with van der Waals surface area (Å²) in [4.78, 5) is 35.7. The Morgan fingerprint density at radius 2 is 1.20 bits per heavy atom. The van der Waals surface area contributed by atoms with Crippen molar-refractivity contribution in [2.24, 2.45) is 10.8 Å². The predicted octanol–water partition coefficient (Wildman–Crippen LogP) is 1.11. The van der Waals surface area contributed by atoms with Crippen LogP contribution in [0.2, 0.25) is 0 Å². The molecular formula is C44H60B2N4O16P2VY-2. The van der Waals surface area contributed by atoms with Crippen molar-refractivity contribution in [2.45, 2.75) is 115 Å². The van der Waals surface area contributed by atoms with Crippen molar-refractivity contribution in [3.63, 3.8) is 0 Å². The van der Waals surface area contributed by atoms with Gasteiger partial charge in [0.25, 0.3) is 13.1 Å². The number of aliphatic hydroxyl groups is 6. The van der Waals surface area contributed by atoms with E-state index in [1.807, 2.05) is 18.7 Å². The van der Waals surface area contributed by atoms with Crippen LogP contribution < -0.4 is 20.1 Å². The second-order valence-electron chi connectivity index (χ2n) is 19.2. The van der Waals surface area contributed by atoms with Gasteiger partial charge in [0, 0.05) is 68.5 Å². The average molecular weight is 1120 g/mol. The fraction of sp³-hybridized carbons (Fsp3) is 0.545. The Bertz CT molecular complexity index is 2270. The van der Waals surface area contributed by atoms with E-state index in [9.17, 15) is 55.4 Å². The second kappa shape index (κ2) is 24.1. The summed E-state index contributed by atoms with van der Waals surface area (Å²) in [5, 5.41) is 87.9. The van der Waals surface area contributed by atoms with Crippen molar-refractivity contribution in [1.82, 2.24) is 10.6 Å². The van der Waals surface area contributed by atoms with Crippen LogP contribution in [0.3, 0.4) is 0 Å². The van der Waals surface area contributed by atoms with Crippen LogP contribution in [0.25, 0.3) is 12.2 Å². The molecule has 6 aliphatic rings. The number of aromatic hydroxyl groups is 1. The summed E-state index contributed by atoms with van der Waals surface area (Å²) in [5.41, 5.74) is 1.72. The molecule has 0 bridgehead atoms. The molecule has 2 radical (unpaired) electrons. The Kier molecular flexibility index (Phi) is 20.2. The number of amides is 2. The molecule has 0 spiro atoms. The molecule has 2 saturated carbocycles. The molecule has 70 heavy (non-hydrogen) atoms. The summed E-state index contributed by atoms with van der Waals surface area (Å²) in [5.74, 6) is -0.823. The second-order valence-corrected chi connectivity index (χ2v) is 22.2. The topological polar surface area (TPSA) is 292 Å². The molecule has 2 aromatic rings. The van der Waals surface area contributed by atoms with Crippen LogP contribution in [-0.2, 0) is 79.8 Å². The number of aliphatic hydroxyl groups excluding tert-OH is 6. The van der Waals surface area contributed by atoms with Crippen LogP contribution in [-0.4, -0.2) is 164 Å². The number of anilines is 1. The van der Waals surface area contributed by atoms with Gasteiger partial charge in [-0.2, -0.15) is 17.4 Å². The largest absolute Gasteiger partial charge is 0.661 e. The van der Waals surface area contributed by atoms with Gasteiger partial charge in [-0.3, -0.25) is 19.7 Å². The monoisotopic (exact) mass is 1120 g/mol. The molecule has 4 heterocycles. The molecule has 4 saturated heterocycles. The van der Waals surface area contributed by atoms with Crippen molar-refractivity contribution in [1.29, 1.82) is 0 Å². The van der Waals surface area contributed by atoms with Crippen molar-refractivity contribution in [2.75, 3.05) is 30.4 Å².